The molecule has 1 aromatic rings. The summed E-state index contributed by atoms with van der Waals surface area (Å²) < 4.78 is 0. The van der Waals surface area contributed by atoms with Gasteiger partial charge in [-0.15, -0.1) is 23.1 Å². The molecule has 0 spiro atoms. The van der Waals surface area contributed by atoms with Crippen molar-refractivity contribution in [1.82, 2.24) is 20.9 Å². The number of hydrogen-bond donors (Lipinski definition) is 6. The van der Waals surface area contributed by atoms with E-state index in [-0.39, 0.29) is 40.9 Å². The van der Waals surface area contributed by atoms with Gasteiger partial charge in [0.15, 0.2) is 0 Å². The van der Waals surface area contributed by atoms with Crippen LogP contribution >= 0.6 is 23.1 Å². The Labute approximate surface area is 206 Å². The number of nitrogens with zero attached hydrogens (tertiary/aromatic N) is 1. The maximum absolute atomic E-state index is 12.5. The lowest BCUT2D eigenvalue weighted by atomic mass is 9.79. The average Bonchev–Trinajstić information content (AvgIpc) is 3.49. The molecule has 0 radical (unpaired) electrons. The van der Waals surface area contributed by atoms with Gasteiger partial charge in [-0.3, -0.25) is 4.79 Å². The average molecular weight is 510 g/mol. The first-order valence-electron chi connectivity index (χ1n) is 11.4. The van der Waals surface area contributed by atoms with Crippen molar-refractivity contribution in [2.45, 2.75) is 50.3 Å². The molecule has 3 aliphatic rings. The monoisotopic (exact) mass is 509 g/mol. The van der Waals surface area contributed by atoms with Gasteiger partial charge in [0.05, 0.1) is 24.6 Å². The molecule has 3 amide bonds. The second-order valence-corrected chi connectivity index (χ2v) is 11.5. The molecule has 2 unspecified atom stereocenters. The zero-order chi connectivity index (χ0) is 24.6. The van der Waals surface area contributed by atoms with Crippen molar-refractivity contribution in [2.24, 2.45) is 17.6 Å². The van der Waals surface area contributed by atoms with E-state index in [4.69, 9.17) is 5.73 Å². The van der Waals surface area contributed by atoms with Crippen LogP contribution in [-0.2, 0) is 16.1 Å². The Morgan fingerprint density at radius 1 is 1.38 bits per heavy atom. The van der Waals surface area contributed by atoms with E-state index >= 15 is 0 Å². The van der Waals surface area contributed by atoms with E-state index in [1.807, 2.05) is 13.0 Å². The van der Waals surface area contributed by atoms with E-state index in [2.05, 4.69) is 22.0 Å². The lowest BCUT2D eigenvalue weighted by molar-refractivity contribution is -0.163. The summed E-state index contributed by atoms with van der Waals surface area (Å²) in [7, 11) is 0. The standard InChI is InChI=1S/C22H31N5O5S2/c1-10-17-16(11(2)28)20(29)27(17)18(21(30)31)19(10)34-13-7-14(25-9-13)15-4-3-12(33-15)8-26-22(32)24-6-5-23/h3-4,10-11,13-14,16-17,25,28H,5-9,23H2,1-2H3,(H,30,31)(H2,24,26,32)/t10-,11-,13-,14?,16?,17-/m1/s1. The third-order valence-corrected chi connectivity index (χ3v) is 9.28. The fourth-order valence-corrected chi connectivity index (χ4v) is 7.48. The van der Waals surface area contributed by atoms with E-state index in [0.29, 0.717) is 19.6 Å². The highest BCUT2D eigenvalue weighted by Gasteiger charge is 2.60. The molecule has 34 heavy (non-hydrogen) atoms. The minimum Gasteiger partial charge on any atom is -0.477 e. The summed E-state index contributed by atoms with van der Waals surface area (Å²) in [5.41, 5.74) is 5.46. The topological polar surface area (TPSA) is 157 Å². The lowest BCUT2D eigenvalue weighted by Crippen LogP contribution is -2.63. The van der Waals surface area contributed by atoms with Gasteiger partial charge in [-0.2, -0.15) is 0 Å². The predicted molar refractivity (Wildman–Crippen MR) is 130 cm³/mol. The summed E-state index contributed by atoms with van der Waals surface area (Å²) in [6.45, 7) is 5.51. The maximum Gasteiger partial charge on any atom is 0.353 e. The number of fused-ring (bicyclic) bond motifs is 1. The van der Waals surface area contributed by atoms with Crippen LogP contribution in [-0.4, -0.2) is 70.1 Å². The summed E-state index contributed by atoms with van der Waals surface area (Å²) in [4.78, 5) is 40.6. The van der Waals surface area contributed by atoms with E-state index < -0.39 is 18.0 Å². The number of aliphatic carboxylic acids is 1. The highest BCUT2D eigenvalue weighted by atomic mass is 32.2. The number of nitrogens with one attached hydrogen (secondary N) is 3. The second-order valence-electron chi connectivity index (χ2n) is 8.91. The molecule has 6 atom stereocenters. The zero-order valence-corrected chi connectivity index (χ0v) is 20.7. The number of aliphatic hydroxyl groups is 1. The van der Waals surface area contributed by atoms with Gasteiger partial charge in [0.25, 0.3) is 0 Å². The quantitative estimate of drug-likeness (QED) is 0.267. The first-order valence-corrected chi connectivity index (χ1v) is 13.1. The minimum absolute atomic E-state index is 0.0743. The predicted octanol–water partition coefficient (Wildman–Crippen LogP) is 0.796. The number of β-lactam (4-membered cyclic amide) rings is 1. The number of hydrogen-bond acceptors (Lipinski definition) is 8. The molecule has 2 fully saturated rings. The Bertz CT molecular complexity index is 996. The Kier molecular flexibility index (Phi) is 7.53. The molecule has 10 nitrogen and oxygen atoms in total. The molecule has 3 aliphatic heterocycles. The van der Waals surface area contributed by atoms with Crippen LogP contribution in [0.15, 0.2) is 22.7 Å². The number of carboxylic acids is 1. The molecule has 7 N–H and O–H groups in total. The number of thioether (sulfide) groups is 1. The fraction of sp³-hybridized carbons (Fsp3) is 0.591. The number of carboxylic acid groups (broad SMARTS) is 1. The van der Waals surface area contributed by atoms with Gasteiger partial charge < -0.3 is 36.8 Å². The third-order valence-electron chi connectivity index (χ3n) is 6.57. The molecule has 186 valence electrons. The van der Waals surface area contributed by atoms with Gasteiger partial charge in [0.1, 0.15) is 5.70 Å². The number of aliphatic hydroxyl groups excluding tert-OH is 1. The second kappa shape index (κ2) is 10.2. The van der Waals surface area contributed by atoms with Crippen LogP contribution in [0.3, 0.4) is 0 Å². The van der Waals surface area contributed by atoms with Gasteiger partial charge in [-0.05, 0) is 25.5 Å². The number of nitrogens with two attached hydrogens (primary N) is 1. The Morgan fingerprint density at radius 2 is 2.15 bits per heavy atom. The number of urea groups is 1. The summed E-state index contributed by atoms with van der Waals surface area (Å²) in [6, 6.07) is 3.67. The zero-order valence-electron chi connectivity index (χ0n) is 19.1. The molecule has 0 saturated carbocycles. The Morgan fingerprint density at radius 3 is 2.82 bits per heavy atom. The molecule has 0 aliphatic carbocycles. The van der Waals surface area contributed by atoms with Crippen molar-refractivity contribution in [2.75, 3.05) is 19.6 Å². The van der Waals surface area contributed by atoms with Crippen LogP contribution in [0.1, 0.15) is 36.1 Å². The van der Waals surface area contributed by atoms with Gasteiger partial charge in [-0.25, -0.2) is 9.59 Å². The molecular formula is C22H31N5O5S2. The SMILES string of the molecule is C[C@@H](O)C1C(=O)N2C(C(=O)O)=C(S[C@H]3CNC(c4ccc(CNC(=O)NCCN)s4)C3)[C@H](C)[C@H]12. The Hall–Kier alpha value is -2.12. The third kappa shape index (κ3) is 4.69. The summed E-state index contributed by atoms with van der Waals surface area (Å²) in [5, 5.41) is 29.0. The van der Waals surface area contributed by atoms with Gasteiger partial charge in [0, 0.05) is 51.5 Å². The summed E-state index contributed by atoms with van der Waals surface area (Å²) >= 11 is 3.18. The molecule has 0 aromatic carbocycles. The molecular weight excluding hydrogens is 478 g/mol. The first-order chi connectivity index (χ1) is 16.2. The molecule has 2 saturated heterocycles. The van der Waals surface area contributed by atoms with Crippen LogP contribution < -0.4 is 21.7 Å². The molecule has 4 heterocycles. The summed E-state index contributed by atoms with van der Waals surface area (Å²) in [6.07, 6.45) is 0.0266. The number of thiophene rings is 1. The normalized spacial score (nSPS) is 29.1. The number of carbonyl (C=O) groups is 3. The first kappa shape index (κ1) is 25.0. The lowest BCUT2D eigenvalue weighted by Gasteiger charge is -2.46. The van der Waals surface area contributed by atoms with Gasteiger partial charge in [-0.1, -0.05) is 6.92 Å². The number of rotatable bonds is 9. The number of carbonyl (C=O) groups excluding carboxylic acids is 2. The van der Waals surface area contributed by atoms with E-state index in [9.17, 15) is 24.6 Å². The van der Waals surface area contributed by atoms with Crippen molar-refractivity contribution in [3.05, 3.63) is 32.5 Å². The molecule has 1 aromatic heterocycles. The van der Waals surface area contributed by atoms with Crippen LogP contribution in [0.25, 0.3) is 0 Å². The highest BCUT2D eigenvalue weighted by Crippen LogP contribution is 2.52. The molecule has 0 bridgehead atoms. The van der Waals surface area contributed by atoms with Crippen molar-refractivity contribution in [1.29, 1.82) is 0 Å². The van der Waals surface area contributed by atoms with Crippen molar-refractivity contribution in [3.63, 3.8) is 0 Å². The van der Waals surface area contributed by atoms with Crippen molar-refractivity contribution < 1.29 is 24.6 Å². The smallest absolute Gasteiger partial charge is 0.353 e. The van der Waals surface area contributed by atoms with E-state index in [0.717, 1.165) is 22.7 Å². The minimum atomic E-state index is -1.09. The molecule has 4 rings (SSSR count). The highest BCUT2D eigenvalue weighted by molar-refractivity contribution is 8.03. The van der Waals surface area contributed by atoms with Crippen LogP contribution in [0, 0.1) is 11.8 Å². The Balaban J connectivity index is 1.37. The number of amides is 3. The van der Waals surface area contributed by atoms with Crippen LogP contribution in [0.2, 0.25) is 0 Å². The van der Waals surface area contributed by atoms with Crippen LogP contribution in [0.4, 0.5) is 4.79 Å². The fourth-order valence-electron chi connectivity index (χ4n) is 4.96. The van der Waals surface area contributed by atoms with Crippen LogP contribution in [0.5, 0.6) is 0 Å². The maximum atomic E-state index is 12.5. The van der Waals surface area contributed by atoms with E-state index in [1.165, 1.54) is 21.5 Å². The van der Waals surface area contributed by atoms with Crippen molar-refractivity contribution >= 4 is 41.0 Å². The van der Waals surface area contributed by atoms with Gasteiger partial charge in [0.2, 0.25) is 5.91 Å². The summed E-state index contributed by atoms with van der Waals surface area (Å²) in [5.74, 6) is -2.08. The van der Waals surface area contributed by atoms with Gasteiger partial charge >= 0.3 is 12.0 Å². The van der Waals surface area contributed by atoms with E-state index in [1.54, 1.807) is 18.3 Å². The largest absolute Gasteiger partial charge is 0.477 e. The van der Waals surface area contributed by atoms with Crippen molar-refractivity contribution in [3.8, 4) is 0 Å². The molecule has 12 heteroatoms.